The number of nitrogens with zero attached hydrogens (tertiary/aromatic N) is 1. The first-order valence-electron chi connectivity index (χ1n) is 8.63. The number of alkyl halides is 3. The van der Waals surface area contributed by atoms with Crippen molar-refractivity contribution in [1.29, 1.82) is 0 Å². The van der Waals surface area contributed by atoms with E-state index in [1.807, 2.05) is 12.1 Å². The van der Waals surface area contributed by atoms with Gasteiger partial charge in [0.1, 0.15) is 5.75 Å². The van der Waals surface area contributed by atoms with E-state index in [1.165, 1.54) is 18.2 Å². The summed E-state index contributed by atoms with van der Waals surface area (Å²) in [6, 6.07) is 9.00. The number of hydrogen-bond acceptors (Lipinski definition) is 4. The summed E-state index contributed by atoms with van der Waals surface area (Å²) in [6.07, 6.45) is 0.0179. The molecule has 1 aromatic heterocycles. The Labute approximate surface area is 153 Å². The third-order valence-corrected chi connectivity index (χ3v) is 5.00. The number of halogens is 3. The van der Waals surface area contributed by atoms with Crippen molar-refractivity contribution < 1.29 is 27.4 Å². The van der Waals surface area contributed by atoms with Gasteiger partial charge in [-0.15, -0.1) is 13.2 Å². The van der Waals surface area contributed by atoms with Crippen molar-refractivity contribution in [3.8, 4) is 5.75 Å². The zero-order chi connectivity index (χ0) is 19.0. The average Bonchev–Trinajstić information content (AvgIpc) is 3.22. The van der Waals surface area contributed by atoms with Crippen molar-refractivity contribution >= 4 is 11.6 Å². The van der Waals surface area contributed by atoms with Crippen LogP contribution < -0.4 is 10.1 Å². The summed E-state index contributed by atoms with van der Waals surface area (Å²) in [4.78, 5) is 16.9. The second-order valence-electron chi connectivity index (χ2n) is 6.69. The van der Waals surface area contributed by atoms with Crippen molar-refractivity contribution in [2.24, 2.45) is 5.92 Å². The van der Waals surface area contributed by atoms with E-state index >= 15 is 0 Å². The number of carbonyl (C=O) groups is 1. The lowest BCUT2D eigenvalue weighted by Gasteiger charge is -2.27. The minimum absolute atomic E-state index is 0.0342. The molecule has 2 aromatic rings. The normalized spacial score (nSPS) is 26.8. The summed E-state index contributed by atoms with van der Waals surface area (Å²) in [5, 5.41) is 2.71. The average molecular weight is 378 g/mol. The maximum Gasteiger partial charge on any atom is 0.573 e. The molecular formula is C19H17F3N2O3. The lowest BCUT2D eigenvalue weighted by Crippen LogP contribution is -2.36. The highest BCUT2D eigenvalue weighted by atomic mass is 19.4. The fourth-order valence-electron chi connectivity index (χ4n) is 4.02. The summed E-state index contributed by atoms with van der Waals surface area (Å²) in [7, 11) is 0. The third-order valence-electron chi connectivity index (χ3n) is 5.00. The molecule has 0 spiro atoms. The van der Waals surface area contributed by atoms with Gasteiger partial charge in [-0.2, -0.15) is 0 Å². The molecular weight excluding hydrogens is 361 g/mol. The van der Waals surface area contributed by atoms with Crippen LogP contribution in [-0.2, 0) is 9.53 Å². The molecule has 1 amide bonds. The first kappa shape index (κ1) is 17.8. The molecule has 4 rings (SSSR count). The fraction of sp³-hybridized carbons (Fsp3) is 0.368. The van der Waals surface area contributed by atoms with Crippen molar-refractivity contribution in [2.75, 3.05) is 5.32 Å². The highest BCUT2D eigenvalue weighted by molar-refractivity contribution is 5.94. The highest BCUT2D eigenvalue weighted by Gasteiger charge is 2.52. The number of rotatable bonds is 4. The lowest BCUT2D eigenvalue weighted by molar-refractivity contribution is -0.274. The Morgan fingerprint density at radius 2 is 1.89 bits per heavy atom. The smallest absolute Gasteiger partial charge is 0.406 e. The largest absolute Gasteiger partial charge is 0.573 e. The SMILES string of the molecule is O=C(Nc1cccc(OC(F)(F)F)c1)[C@@H]1C2CC[C@H](O2)[C@H]1c1ccncc1. The summed E-state index contributed by atoms with van der Waals surface area (Å²) in [6.45, 7) is 0. The van der Waals surface area contributed by atoms with Gasteiger partial charge in [-0.25, -0.2) is 0 Å². The molecule has 1 aromatic carbocycles. The number of nitrogens with one attached hydrogen (secondary N) is 1. The van der Waals surface area contributed by atoms with E-state index in [1.54, 1.807) is 12.4 Å². The molecule has 0 radical (unpaired) electrons. The maximum atomic E-state index is 12.9. The number of fused-ring (bicyclic) bond motifs is 2. The standard InChI is InChI=1S/C19H17F3N2O3/c20-19(21,22)27-13-3-1-2-12(10-13)24-18(25)17-15-5-4-14(26-15)16(17)11-6-8-23-9-7-11/h1-3,6-10,14-17H,4-5H2,(H,24,25)/t14-,15?,16+,17+/m0/s1. The number of carbonyl (C=O) groups excluding carboxylic acids is 1. The van der Waals surface area contributed by atoms with Crippen molar-refractivity contribution in [3.63, 3.8) is 0 Å². The minimum atomic E-state index is -4.78. The van der Waals surface area contributed by atoms with Crippen LogP contribution in [0, 0.1) is 5.92 Å². The molecule has 5 nitrogen and oxygen atoms in total. The van der Waals surface area contributed by atoms with E-state index in [-0.39, 0.29) is 35.5 Å². The molecule has 2 aliphatic heterocycles. The van der Waals surface area contributed by atoms with E-state index in [0.29, 0.717) is 0 Å². The van der Waals surface area contributed by atoms with Crippen LogP contribution in [0.1, 0.15) is 24.3 Å². The number of ether oxygens (including phenoxy) is 2. The van der Waals surface area contributed by atoms with Crippen LogP contribution in [0.5, 0.6) is 5.75 Å². The van der Waals surface area contributed by atoms with Gasteiger partial charge in [0.05, 0.1) is 18.1 Å². The van der Waals surface area contributed by atoms with Crippen LogP contribution in [0.25, 0.3) is 0 Å². The number of anilines is 1. The highest BCUT2D eigenvalue weighted by Crippen LogP contribution is 2.49. The Morgan fingerprint density at radius 1 is 1.15 bits per heavy atom. The van der Waals surface area contributed by atoms with Gasteiger partial charge < -0.3 is 14.8 Å². The lowest BCUT2D eigenvalue weighted by atomic mass is 9.75. The van der Waals surface area contributed by atoms with E-state index < -0.39 is 12.3 Å². The zero-order valence-electron chi connectivity index (χ0n) is 14.1. The van der Waals surface area contributed by atoms with E-state index in [2.05, 4.69) is 15.0 Å². The first-order chi connectivity index (χ1) is 12.9. The van der Waals surface area contributed by atoms with Crippen LogP contribution in [-0.4, -0.2) is 29.5 Å². The number of amides is 1. The molecule has 0 aliphatic carbocycles. The fourth-order valence-corrected chi connectivity index (χ4v) is 4.02. The Hall–Kier alpha value is -2.61. The van der Waals surface area contributed by atoms with Crippen molar-refractivity contribution in [1.82, 2.24) is 4.98 Å². The van der Waals surface area contributed by atoms with E-state index in [0.717, 1.165) is 24.5 Å². The van der Waals surface area contributed by atoms with Gasteiger partial charge in [-0.3, -0.25) is 9.78 Å². The monoisotopic (exact) mass is 378 g/mol. The van der Waals surface area contributed by atoms with Gasteiger partial charge in [0, 0.05) is 30.1 Å². The third kappa shape index (κ3) is 3.75. The Balaban J connectivity index is 1.53. The topological polar surface area (TPSA) is 60.5 Å². The molecule has 2 aliphatic rings. The van der Waals surface area contributed by atoms with E-state index in [4.69, 9.17) is 4.74 Å². The molecule has 8 heteroatoms. The Kier molecular flexibility index (Phi) is 4.51. The quantitative estimate of drug-likeness (QED) is 0.877. The summed E-state index contributed by atoms with van der Waals surface area (Å²) < 4.78 is 47.0. The molecule has 0 saturated carbocycles. The molecule has 2 bridgehead atoms. The van der Waals surface area contributed by atoms with Crippen LogP contribution in [0.2, 0.25) is 0 Å². The Morgan fingerprint density at radius 3 is 2.63 bits per heavy atom. The van der Waals surface area contributed by atoms with Crippen LogP contribution in [0.4, 0.5) is 18.9 Å². The molecule has 142 valence electrons. The van der Waals surface area contributed by atoms with Crippen LogP contribution in [0.3, 0.4) is 0 Å². The second kappa shape index (κ2) is 6.84. The predicted octanol–water partition coefficient (Wildman–Crippen LogP) is 3.88. The summed E-state index contributed by atoms with van der Waals surface area (Å²) >= 11 is 0. The number of benzene rings is 1. The van der Waals surface area contributed by atoms with Gasteiger partial charge in [0.15, 0.2) is 0 Å². The summed E-state index contributed by atoms with van der Waals surface area (Å²) in [5.41, 5.74) is 1.23. The number of pyridine rings is 1. The molecule has 1 unspecified atom stereocenters. The van der Waals surface area contributed by atoms with Gasteiger partial charge in [0.25, 0.3) is 0 Å². The van der Waals surface area contributed by atoms with E-state index in [9.17, 15) is 18.0 Å². The zero-order valence-corrected chi connectivity index (χ0v) is 14.1. The van der Waals surface area contributed by atoms with Gasteiger partial charge in [-0.05, 0) is 42.7 Å². The van der Waals surface area contributed by atoms with Gasteiger partial charge in [-0.1, -0.05) is 6.07 Å². The molecule has 2 fully saturated rings. The first-order valence-corrected chi connectivity index (χ1v) is 8.63. The molecule has 1 N–H and O–H groups in total. The predicted molar refractivity (Wildman–Crippen MR) is 90.1 cm³/mol. The molecule has 4 atom stereocenters. The van der Waals surface area contributed by atoms with Crippen LogP contribution in [0.15, 0.2) is 48.8 Å². The molecule has 2 saturated heterocycles. The van der Waals surface area contributed by atoms with Crippen molar-refractivity contribution in [3.05, 3.63) is 54.4 Å². The maximum absolute atomic E-state index is 12.9. The molecule has 3 heterocycles. The Bertz CT molecular complexity index is 828. The molecule has 27 heavy (non-hydrogen) atoms. The minimum Gasteiger partial charge on any atom is -0.406 e. The van der Waals surface area contributed by atoms with Gasteiger partial charge in [0.2, 0.25) is 5.91 Å². The van der Waals surface area contributed by atoms with Gasteiger partial charge >= 0.3 is 6.36 Å². The van der Waals surface area contributed by atoms with Crippen molar-refractivity contribution in [2.45, 2.75) is 37.3 Å². The second-order valence-corrected chi connectivity index (χ2v) is 6.69. The summed E-state index contributed by atoms with van der Waals surface area (Å²) in [5.74, 6) is -1.15. The number of hydrogen-bond donors (Lipinski definition) is 1. The number of aromatic nitrogens is 1. The van der Waals surface area contributed by atoms with Crippen LogP contribution >= 0.6 is 0 Å².